The van der Waals surface area contributed by atoms with E-state index in [4.69, 9.17) is 5.11 Å². The van der Waals surface area contributed by atoms with Crippen molar-refractivity contribution >= 4 is 17.0 Å². The van der Waals surface area contributed by atoms with Crippen molar-refractivity contribution in [2.24, 2.45) is 0 Å². The molecular formula is C4H5ClO3. The van der Waals surface area contributed by atoms with Crippen molar-refractivity contribution < 1.29 is 14.6 Å². The maximum atomic E-state index is 9.75. The number of hydrogen-bond donors (Lipinski definition) is 1. The normalized spacial score (nSPS) is 12.2. The lowest BCUT2D eigenvalue weighted by molar-refractivity contribution is -0.00390. The van der Waals surface area contributed by atoms with E-state index < -0.39 is 11.7 Å². The van der Waals surface area contributed by atoms with Gasteiger partial charge in [-0.2, -0.15) is 0 Å². The monoisotopic (exact) mass is 136 g/mol. The molecule has 0 saturated carbocycles. The molecule has 0 aliphatic carbocycles. The van der Waals surface area contributed by atoms with Crippen LogP contribution in [-0.2, 0) is 4.74 Å². The average Bonchev–Trinajstić information content (AvgIpc) is 1.65. The van der Waals surface area contributed by atoms with Crippen LogP contribution < -0.4 is 0 Å². The molecule has 8 heavy (non-hydrogen) atoms. The molecule has 0 rings (SSSR count). The standard InChI is InChI=1S/C4H5ClO3/c1-2-3(6)8-4(5)7/h2-3,6H,1H2. The third-order valence-electron chi connectivity index (χ3n) is 0.415. The van der Waals surface area contributed by atoms with Crippen molar-refractivity contribution in [1.29, 1.82) is 0 Å². The molecule has 0 fully saturated rings. The van der Waals surface area contributed by atoms with E-state index in [1.807, 2.05) is 0 Å². The minimum atomic E-state index is -1.29. The molecule has 46 valence electrons. The van der Waals surface area contributed by atoms with Gasteiger partial charge in [-0.05, 0) is 6.08 Å². The van der Waals surface area contributed by atoms with Crippen LogP contribution in [0, 0.1) is 0 Å². The zero-order valence-corrected chi connectivity index (χ0v) is 4.76. The smallest absolute Gasteiger partial charge is 0.406 e. The van der Waals surface area contributed by atoms with E-state index in [0.717, 1.165) is 6.08 Å². The van der Waals surface area contributed by atoms with E-state index in [1.165, 1.54) is 0 Å². The van der Waals surface area contributed by atoms with Gasteiger partial charge in [0.2, 0.25) is 6.29 Å². The Labute approximate surface area is 51.5 Å². The fourth-order valence-electron chi connectivity index (χ4n) is 0.143. The maximum absolute atomic E-state index is 9.75. The molecule has 0 radical (unpaired) electrons. The Morgan fingerprint density at radius 1 is 2.00 bits per heavy atom. The van der Waals surface area contributed by atoms with Gasteiger partial charge in [0.1, 0.15) is 0 Å². The minimum Gasteiger partial charge on any atom is -0.420 e. The molecule has 0 aromatic heterocycles. The summed E-state index contributed by atoms with van der Waals surface area (Å²) in [5.74, 6) is 0. The Kier molecular flexibility index (Phi) is 3.23. The van der Waals surface area contributed by atoms with Crippen LogP contribution in [0.1, 0.15) is 0 Å². The molecule has 0 heterocycles. The molecule has 4 heteroatoms. The van der Waals surface area contributed by atoms with Crippen LogP contribution in [0.15, 0.2) is 12.7 Å². The maximum Gasteiger partial charge on any atom is 0.406 e. The number of ether oxygens (including phenoxy) is 1. The highest BCUT2D eigenvalue weighted by Crippen LogP contribution is 1.92. The zero-order valence-electron chi connectivity index (χ0n) is 4.00. The summed E-state index contributed by atoms with van der Waals surface area (Å²) in [6.45, 7) is 3.13. The Hall–Kier alpha value is -0.540. The van der Waals surface area contributed by atoms with Crippen molar-refractivity contribution in [3.8, 4) is 0 Å². The first-order valence-corrected chi connectivity index (χ1v) is 2.21. The van der Waals surface area contributed by atoms with Gasteiger partial charge in [-0.15, -0.1) is 0 Å². The van der Waals surface area contributed by atoms with Gasteiger partial charge in [-0.3, -0.25) is 0 Å². The van der Waals surface area contributed by atoms with Gasteiger partial charge in [0.15, 0.2) is 0 Å². The number of rotatable bonds is 2. The number of aliphatic hydroxyl groups excluding tert-OH is 1. The largest absolute Gasteiger partial charge is 0.420 e. The van der Waals surface area contributed by atoms with Crippen LogP contribution in [0.3, 0.4) is 0 Å². The number of carbonyl (C=O) groups is 1. The second kappa shape index (κ2) is 3.46. The third kappa shape index (κ3) is 3.64. The molecule has 0 bridgehead atoms. The second-order valence-corrected chi connectivity index (χ2v) is 1.29. The van der Waals surface area contributed by atoms with E-state index in [2.05, 4.69) is 22.9 Å². The summed E-state index contributed by atoms with van der Waals surface area (Å²) in [4.78, 5) is 9.75. The first kappa shape index (κ1) is 7.46. The summed E-state index contributed by atoms with van der Waals surface area (Å²) in [5.41, 5.74) is -1.04. The first-order valence-electron chi connectivity index (χ1n) is 1.83. The summed E-state index contributed by atoms with van der Waals surface area (Å²) < 4.78 is 3.96. The molecule has 0 aliphatic heterocycles. The number of hydrogen-bond acceptors (Lipinski definition) is 3. The van der Waals surface area contributed by atoms with Crippen molar-refractivity contribution in [2.45, 2.75) is 6.29 Å². The molecule has 0 saturated heterocycles. The van der Waals surface area contributed by atoms with Crippen LogP contribution in [0.25, 0.3) is 0 Å². The number of carbonyl (C=O) groups excluding carboxylic acids is 1. The fourth-order valence-corrected chi connectivity index (χ4v) is 0.234. The van der Waals surface area contributed by atoms with Gasteiger partial charge in [0.25, 0.3) is 0 Å². The van der Waals surface area contributed by atoms with E-state index in [9.17, 15) is 4.79 Å². The van der Waals surface area contributed by atoms with Crippen molar-refractivity contribution in [3.05, 3.63) is 12.7 Å². The van der Waals surface area contributed by atoms with Gasteiger partial charge < -0.3 is 9.84 Å². The predicted octanol–water partition coefficient (Wildman–Crippen LogP) is 0.866. The van der Waals surface area contributed by atoms with E-state index >= 15 is 0 Å². The Bertz CT molecular complexity index is 101. The molecule has 0 aromatic rings. The van der Waals surface area contributed by atoms with Crippen molar-refractivity contribution in [2.75, 3.05) is 0 Å². The third-order valence-corrected chi connectivity index (χ3v) is 0.504. The summed E-state index contributed by atoms with van der Waals surface area (Å²) in [6.07, 6.45) is -0.250. The molecule has 0 spiro atoms. The highest BCUT2D eigenvalue weighted by atomic mass is 35.5. The molecule has 1 unspecified atom stereocenters. The van der Waals surface area contributed by atoms with Gasteiger partial charge in [-0.25, -0.2) is 4.79 Å². The summed E-state index contributed by atoms with van der Waals surface area (Å²) in [7, 11) is 0. The van der Waals surface area contributed by atoms with Crippen molar-refractivity contribution in [3.63, 3.8) is 0 Å². The molecular weight excluding hydrogens is 131 g/mol. The highest BCUT2D eigenvalue weighted by molar-refractivity contribution is 6.61. The Morgan fingerprint density at radius 2 is 2.50 bits per heavy atom. The lowest BCUT2D eigenvalue weighted by atomic mass is 10.6. The van der Waals surface area contributed by atoms with E-state index in [-0.39, 0.29) is 0 Å². The van der Waals surface area contributed by atoms with Gasteiger partial charge in [-0.1, -0.05) is 6.58 Å². The van der Waals surface area contributed by atoms with E-state index in [1.54, 1.807) is 0 Å². The number of aliphatic hydroxyl groups is 1. The predicted molar refractivity (Wildman–Crippen MR) is 28.5 cm³/mol. The summed E-state index contributed by atoms with van der Waals surface area (Å²) in [6, 6.07) is 0. The van der Waals surface area contributed by atoms with Gasteiger partial charge in [0.05, 0.1) is 0 Å². The SMILES string of the molecule is C=CC(O)OC(=O)Cl. The molecule has 0 amide bonds. The lowest BCUT2D eigenvalue weighted by Gasteiger charge is -2.00. The van der Waals surface area contributed by atoms with Crippen LogP contribution in [0.4, 0.5) is 4.79 Å². The van der Waals surface area contributed by atoms with Gasteiger partial charge in [0, 0.05) is 11.6 Å². The van der Waals surface area contributed by atoms with Crippen LogP contribution >= 0.6 is 11.6 Å². The zero-order chi connectivity index (χ0) is 6.57. The first-order chi connectivity index (χ1) is 3.66. The van der Waals surface area contributed by atoms with Crippen molar-refractivity contribution in [1.82, 2.24) is 0 Å². The number of halogens is 1. The molecule has 0 aliphatic rings. The van der Waals surface area contributed by atoms with Gasteiger partial charge >= 0.3 is 5.43 Å². The molecule has 1 atom stereocenters. The van der Waals surface area contributed by atoms with Crippen LogP contribution in [-0.4, -0.2) is 16.8 Å². The Morgan fingerprint density at radius 3 is 2.62 bits per heavy atom. The highest BCUT2D eigenvalue weighted by Gasteiger charge is 2.00. The summed E-state index contributed by atoms with van der Waals surface area (Å²) >= 11 is 4.68. The fraction of sp³-hybridized carbons (Fsp3) is 0.250. The topological polar surface area (TPSA) is 46.5 Å². The van der Waals surface area contributed by atoms with Crippen LogP contribution in [0.2, 0.25) is 0 Å². The molecule has 3 nitrogen and oxygen atoms in total. The summed E-state index contributed by atoms with van der Waals surface area (Å²) in [5, 5.41) is 8.38. The lowest BCUT2D eigenvalue weighted by Crippen LogP contribution is -2.08. The quantitative estimate of drug-likeness (QED) is 0.348. The minimum absolute atomic E-state index is 1.04. The van der Waals surface area contributed by atoms with Crippen LogP contribution in [0.5, 0.6) is 0 Å². The Balaban J connectivity index is 3.38. The molecule has 1 N–H and O–H groups in total. The average molecular weight is 137 g/mol. The van der Waals surface area contributed by atoms with E-state index in [0.29, 0.717) is 0 Å². The second-order valence-electron chi connectivity index (χ2n) is 0.982. The molecule has 0 aromatic carbocycles.